The van der Waals surface area contributed by atoms with Crippen LogP contribution in [0.25, 0.3) is 10.8 Å². The molecule has 0 amide bonds. The third kappa shape index (κ3) is 1.94. The van der Waals surface area contributed by atoms with E-state index >= 15 is 0 Å². The maximum atomic E-state index is 10.3. The smallest absolute Gasteiger partial charge is 0.0717 e. The lowest BCUT2D eigenvalue weighted by molar-refractivity contribution is -0.0452. The first-order valence-electron chi connectivity index (χ1n) is 6.11. The number of nitrogens with two attached hydrogens (primary N) is 1. The van der Waals surface area contributed by atoms with Crippen LogP contribution >= 0.6 is 0 Å². The van der Waals surface area contributed by atoms with Crippen LogP contribution in [0.5, 0.6) is 0 Å². The summed E-state index contributed by atoms with van der Waals surface area (Å²) in [7, 11) is 0. The van der Waals surface area contributed by atoms with Gasteiger partial charge in [0.2, 0.25) is 0 Å². The minimum absolute atomic E-state index is 0.176. The van der Waals surface area contributed by atoms with Crippen molar-refractivity contribution in [2.75, 3.05) is 0 Å². The fourth-order valence-corrected chi connectivity index (χ4v) is 2.86. The van der Waals surface area contributed by atoms with Crippen LogP contribution < -0.4 is 5.73 Å². The van der Waals surface area contributed by atoms with Gasteiger partial charge in [0.25, 0.3) is 0 Å². The molecule has 0 bridgehead atoms. The molecule has 1 aliphatic rings. The number of aliphatic hydroxyl groups is 1. The average Bonchev–Trinajstić information content (AvgIpc) is 2.28. The summed E-state index contributed by atoms with van der Waals surface area (Å²) in [6, 6.07) is 14.7. The van der Waals surface area contributed by atoms with Gasteiger partial charge in [0.05, 0.1) is 5.60 Å². The van der Waals surface area contributed by atoms with Gasteiger partial charge < -0.3 is 10.8 Å². The molecule has 17 heavy (non-hydrogen) atoms. The second-order valence-electron chi connectivity index (χ2n) is 5.21. The highest BCUT2D eigenvalue weighted by Gasteiger charge is 2.40. The monoisotopic (exact) mass is 227 g/mol. The van der Waals surface area contributed by atoms with Crippen molar-refractivity contribution in [3.8, 4) is 0 Å². The van der Waals surface area contributed by atoms with Crippen LogP contribution in [0.1, 0.15) is 18.4 Å². The van der Waals surface area contributed by atoms with Gasteiger partial charge in [-0.15, -0.1) is 0 Å². The molecule has 88 valence electrons. The summed E-state index contributed by atoms with van der Waals surface area (Å²) in [6.45, 7) is 0. The summed E-state index contributed by atoms with van der Waals surface area (Å²) in [5.74, 6) is 0. The van der Waals surface area contributed by atoms with Crippen LogP contribution in [0.3, 0.4) is 0 Å². The topological polar surface area (TPSA) is 46.2 Å². The number of rotatable bonds is 2. The Bertz CT molecular complexity index is 538. The molecule has 1 fully saturated rings. The molecule has 0 radical (unpaired) electrons. The van der Waals surface area contributed by atoms with Crippen molar-refractivity contribution in [3.05, 3.63) is 48.0 Å². The van der Waals surface area contributed by atoms with Gasteiger partial charge in [0.1, 0.15) is 0 Å². The Hall–Kier alpha value is -1.38. The molecule has 1 aliphatic carbocycles. The lowest BCUT2D eigenvalue weighted by Gasteiger charge is -2.42. The maximum absolute atomic E-state index is 10.3. The van der Waals surface area contributed by atoms with E-state index in [1.807, 2.05) is 12.1 Å². The molecule has 0 atom stereocenters. The first-order valence-corrected chi connectivity index (χ1v) is 6.11. The molecule has 3 rings (SSSR count). The van der Waals surface area contributed by atoms with Crippen LogP contribution in [0.15, 0.2) is 42.5 Å². The standard InChI is InChI=1S/C15H17NO/c16-13-9-15(17,10-13)8-12-6-3-5-11-4-1-2-7-14(11)12/h1-7,13,17H,8-10,16H2. The summed E-state index contributed by atoms with van der Waals surface area (Å²) in [4.78, 5) is 0. The van der Waals surface area contributed by atoms with Crippen LogP contribution in [0.2, 0.25) is 0 Å². The summed E-state index contributed by atoms with van der Waals surface area (Å²) in [5.41, 5.74) is 6.40. The molecular weight excluding hydrogens is 210 g/mol. The quantitative estimate of drug-likeness (QED) is 0.826. The predicted octanol–water partition coefficient (Wildman–Crippen LogP) is 2.23. The third-order valence-corrected chi connectivity index (χ3v) is 3.68. The van der Waals surface area contributed by atoms with E-state index in [4.69, 9.17) is 5.73 Å². The molecule has 0 unspecified atom stereocenters. The lowest BCUT2D eigenvalue weighted by atomic mass is 9.72. The van der Waals surface area contributed by atoms with Gasteiger partial charge in [0, 0.05) is 12.5 Å². The van der Waals surface area contributed by atoms with Gasteiger partial charge in [0.15, 0.2) is 0 Å². The van der Waals surface area contributed by atoms with E-state index in [1.54, 1.807) is 0 Å². The SMILES string of the molecule is NC1CC(O)(Cc2cccc3ccccc23)C1. The molecule has 0 heterocycles. The molecule has 3 N–H and O–H groups in total. The van der Waals surface area contributed by atoms with Gasteiger partial charge in [-0.25, -0.2) is 0 Å². The van der Waals surface area contributed by atoms with Crippen LogP contribution in [0, 0.1) is 0 Å². The third-order valence-electron chi connectivity index (χ3n) is 3.68. The van der Waals surface area contributed by atoms with Crippen LogP contribution in [-0.4, -0.2) is 16.7 Å². The van der Waals surface area contributed by atoms with E-state index in [0.717, 1.165) is 12.8 Å². The minimum Gasteiger partial charge on any atom is -0.389 e. The summed E-state index contributed by atoms with van der Waals surface area (Å²) >= 11 is 0. The van der Waals surface area contributed by atoms with E-state index in [0.29, 0.717) is 6.42 Å². The molecule has 2 aromatic carbocycles. The lowest BCUT2D eigenvalue weighted by Crippen LogP contribution is -2.52. The molecule has 0 saturated heterocycles. The molecule has 0 spiro atoms. The average molecular weight is 227 g/mol. The Kier molecular flexibility index (Phi) is 2.42. The van der Waals surface area contributed by atoms with Crippen LogP contribution in [-0.2, 0) is 6.42 Å². The van der Waals surface area contributed by atoms with Crippen molar-refractivity contribution in [1.82, 2.24) is 0 Å². The largest absolute Gasteiger partial charge is 0.389 e. The zero-order valence-electron chi connectivity index (χ0n) is 9.76. The summed E-state index contributed by atoms with van der Waals surface area (Å²) in [5, 5.41) is 12.8. The van der Waals surface area contributed by atoms with Crippen molar-refractivity contribution in [2.45, 2.75) is 30.9 Å². The molecule has 0 aromatic heterocycles. The van der Waals surface area contributed by atoms with Gasteiger partial charge in [-0.2, -0.15) is 0 Å². The van der Waals surface area contributed by atoms with Gasteiger partial charge in [-0.1, -0.05) is 42.5 Å². The molecule has 0 aliphatic heterocycles. The molecule has 1 saturated carbocycles. The van der Waals surface area contributed by atoms with Crippen molar-refractivity contribution in [2.24, 2.45) is 5.73 Å². The fourth-order valence-electron chi connectivity index (χ4n) is 2.86. The van der Waals surface area contributed by atoms with E-state index in [1.165, 1.54) is 16.3 Å². The van der Waals surface area contributed by atoms with Crippen molar-refractivity contribution >= 4 is 10.8 Å². The van der Waals surface area contributed by atoms with E-state index in [9.17, 15) is 5.11 Å². The van der Waals surface area contributed by atoms with E-state index < -0.39 is 5.60 Å². The normalized spacial score (nSPS) is 28.0. The minimum atomic E-state index is -0.580. The zero-order valence-corrected chi connectivity index (χ0v) is 9.76. The van der Waals surface area contributed by atoms with Gasteiger partial charge >= 0.3 is 0 Å². The molecular formula is C15H17NO. The van der Waals surface area contributed by atoms with Gasteiger partial charge in [-0.3, -0.25) is 0 Å². The van der Waals surface area contributed by atoms with Crippen molar-refractivity contribution < 1.29 is 5.11 Å². The highest BCUT2D eigenvalue weighted by atomic mass is 16.3. The Morgan fingerprint density at radius 3 is 2.59 bits per heavy atom. The van der Waals surface area contributed by atoms with E-state index in [2.05, 4.69) is 30.3 Å². The number of fused-ring (bicyclic) bond motifs is 1. The zero-order chi connectivity index (χ0) is 11.9. The Balaban J connectivity index is 1.95. The summed E-state index contributed by atoms with van der Waals surface area (Å²) < 4.78 is 0. The Labute approximate surface area is 101 Å². The van der Waals surface area contributed by atoms with Crippen molar-refractivity contribution in [1.29, 1.82) is 0 Å². The fraction of sp³-hybridized carbons (Fsp3) is 0.333. The maximum Gasteiger partial charge on any atom is 0.0717 e. The van der Waals surface area contributed by atoms with Crippen LogP contribution in [0.4, 0.5) is 0 Å². The van der Waals surface area contributed by atoms with Crippen molar-refractivity contribution in [3.63, 3.8) is 0 Å². The first kappa shape index (κ1) is 10.8. The Morgan fingerprint density at radius 1 is 1.12 bits per heavy atom. The number of hydrogen-bond donors (Lipinski definition) is 2. The number of benzene rings is 2. The second-order valence-corrected chi connectivity index (χ2v) is 5.21. The summed E-state index contributed by atoms with van der Waals surface area (Å²) in [6.07, 6.45) is 2.15. The predicted molar refractivity (Wildman–Crippen MR) is 69.8 cm³/mol. The second kappa shape index (κ2) is 3.83. The van der Waals surface area contributed by atoms with E-state index in [-0.39, 0.29) is 6.04 Å². The Morgan fingerprint density at radius 2 is 1.82 bits per heavy atom. The van der Waals surface area contributed by atoms with Gasteiger partial charge in [-0.05, 0) is 29.2 Å². The number of hydrogen-bond acceptors (Lipinski definition) is 2. The molecule has 2 heteroatoms. The first-order chi connectivity index (χ1) is 8.16. The highest BCUT2D eigenvalue weighted by Crippen LogP contribution is 2.35. The molecule has 2 aromatic rings. The molecule has 2 nitrogen and oxygen atoms in total. The highest BCUT2D eigenvalue weighted by molar-refractivity contribution is 5.85.